The van der Waals surface area contributed by atoms with E-state index in [1.54, 1.807) is 0 Å². The van der Waals surface area contributed by atoms with Crippen molar-refractivity contribution in [3.05, 3.63) is 59.7 Å². The van der Waals surface area contributed by atoms with Crippen LogP contribution >= 0.6 is 0 Å². The monoisotopic (exact) mass is 414 g/mol. The lowest BCUT2D eigenvalue weighted by Crippen LogP contribution is -2.35. The summed E-state index contributed by atoms with van der Waals surface area (Å²) in [6, 6.07) is 9.21. The Bertz CT molecular complexity index is 987. The number of hydrogen-bond donors (Lipinski definition) is 1. The summed E-state index contributed by atoms with van der Waals surface area (Å²) in [7, 11) is -2.85. The molecule has 0 aromatic heterocycles. The van der Waals surface area contributed by atoms with Crippen molar-refractivity contribution in [3.63, 3.8) is 0 Å². The van der Waals surface area contributed by atoms with Crippen LogP contribution in [-0.4, -0.2) is 38.0 Å². The third-order valence-electron chi connectivity index (χ3n) is 3.81. The molecule has 2 aromatic rings. The summed E-state index contributed by atoms with van der Waals surface area (Å²) >= 11 is 0. The number of alkyl halides is 3. The predicted molar refractivity (Wildman–Crippen MR) is 96.3 cm³/mol. The lowest BCUT2D eigenvalue weighted by atomic mass is 10.2. The highest BCUT2D eigenvalue weighted by Crippen LogP contribution is 2.30. The fourth-order valence-electron chi connectivity index (χ4n) is 2.30. The van der Waals surface area contributed by atoms with Gasteiger partial charge in [-0.05, 0) is 37.3 Å². The molecule has 6 nitrogen and oxygen atoms in total. The maximum atomic E-state index is 12.7. The van der Waals surface area contributed by atoms with Gasteiger partial charge in [-0.3, -0.25) is 9.59 Å². The number of nitrogens with one attached hydrogen (secondary N) is 1. The van der Waals surface area contributed by atoms with E-state index < -0.39 is 34.2 Å². The normalized spacial score (nSPS) is 12.1. The molecule has 0 bridgehead atoms. The number of benzene rings is 2. The minimum Gasteiger partial charge on any atom is -0.325 e. The molecule has 2 aromatic carbocycles. The number of carbonyl (C=O) groups excluding carboxylic acids is 2. The van der Waals surface area contributed by atoms with Gasteiger partial charge in [0.05, 0.1) is 17.0 Å². The SMILES string of the molecule is CC(=O)c1ccc(S(=O)(=O)N(C)CC(=O)Nc2cccc(C(F)(F)F)c2)cc1. The summed E-state index contributed by atoms with van der Waals surface area (Å²) < 4.78 is 63.9. The molecule has 0 saturated carbocycles. The van der Waals surface area contributed by atoms with Gasteiger partial charge in [0.15, 0.2) is 5.78 Å². The smallest absolute Gasteiger partial charge is 0.325 e. The van der Waals surface area contributed by atoms with Crippen molar-refractivity contribution in [3.8, 4) is 0 Å². The van der Waals surface area contributed by atoms with Crippen LogP contribution in [0.3, 0.4) is 0 Å². The van der Waals surface area contributed by atoms with Crippen molar-refractivity contribution < 1.29 is 31.2 Å². The maximum Gasteiger partial charge on any atom is 0.416 e. The van der Waals surface area contributed by atoms with Crippen LogP contribution in [0.25, 0.3) is 0 Å². The van der Waals surface area contributed by atoms with E-state index in [1.807, 2.05) is 0 Å². The van der Waals surface area contributed by atoms with Gasteiger partial charge in [0.2, 0.25) is 15.9 Å². The molecule has 0 aliphatic heterocycles. The number of amides is 1. The van der Waals surface area contributed by atoms with E-state index in [0.29, 0.717) is 5.56 Å². The van der Waals surface area contributed by atoms with E-state index in [1.165, 1.54) is 44.3 Å². The number of nitrogens with zero attached hydrogens (tertiary/aromatic N) is 1. The van der Waals surface area contributed by atoms with Gasteiger partial charge in [-0.25, -0.2) is 8.42 Å². The number of halogens is 3. The Kier molecular flexibility index (Phi) is 6.25. The molecule has 0 saturated heterocycles. The molecule has 1 N–H and O–H groups in total. The molecule has 2 rings (SSSR count). The van der Waals surface area contributed by atoms with Crippen LogP contribution in [0.5, 0.6) is 0 Å². The molecule has 1 amide bonds. The maximum absolute atomic E-state index is 12.7. The molecular formula is C18H17F3N2O4S. The number of anilines is 1. The van der Waals surface area contributed by atoms with Gasteiger partial charge in [0, 0.05) is 18.3 Å². The Morgan fingerprint density at radius 1 is 1.07 bits per heavy atom. The van der Waals surface area contributed by atoms with E-state index in [0.717, 1.165) is 22.5 Å². The third kappa shape index (κ3) is 5.17. The zero-order valence-corrected chi connectivity index (χ0v) is 15.8. The third-order valence-corrected chi connectivity index (χ3v) is 5.63. The topological polar surface area (TPSA) is 83.6 Å². The van der Waals surface area contributed by atoms with Gasteiger partial charge < -0.3 is 5.32 Å². The van der Waals surface area contributed by atoms with Crippen molar-refractivity contribution in [1.29, 1.82) is 0 Å². The van der Waals surface area contributed by atoms with Gasteiger partial charge in [-0.2, -0.15) is 17.5 Å². The van der Waals surface area contributed by atoms with E-state index >= 15 is 0 Å². The Morgan fingerprint density at radius 3 is 2.21 bits per heavy atom. The number of Topliss-reactive ketones (excluding diaryl/α,β-unsaturated/α-hetero) is 1. The van der Waals surface area contributed by atoms with Gasteiger partial charge in [0.25, 0.3) is 0 Å². The largest absolute Gasteiger partial charge is 0.416 e. The molecule has 0 atom stereocenters. The number of likely N-dealkylation sites (N-methyl/N-ethyl adjacent to an activating group) is 1. The van der Waals surface area contributed by atoms with Crippen LogP contribution in [0.1, 0.15) is 22.8 Å². The molecule has 0 fully saturated rings. The van der Waals surface area contributed by atoms with Crippen molar-refractivity contribution >= 4 is 27.4 Å². The van der Waals surface area contributed by atoms with Crippen molar-refractivity contribution in [1.82, 2.24) is 4.31 Å². The quantitative estimate of drug-likeness (QED) is 0.736. The first kappa shape index (κ1) is 21.6. The summed E-state index contributed by atoms with van der Waals surface area (Å²) in [5.41, 5.74) is -0.697. The van der Waals surface area contributed by atoms with Gasteiger partial charge in [-0.15, -0.1) is 0 Å². The van der Waals surface area contributed by atoms with Crippen LogP contribution in [0, 0.1) is 0 Å². The summed E-state index contributed by atoms with van der Waals surface area (Å²) in [6.07, 6.45) is -4.56. The summed E-state index contributed by atoms with van der Waals surface area (Å²) in [5, 5.41) is 2.24. The van der Waals surface area contributed by atoms with E-state index in [2.05, 4.69) is 5.32 Å². The Hall–Kier alpha value is -2.72. The highest BCUT2D eigenvalue weighted by molar-refractivity contribution is 7.89. The molecule has 0 spiro atoms. The second-order valence-corrected chi connectivity index (χ2v) is 8.01. The van der Waals surface area contributed by atoms with Gasteiger partial charge in [0.1, 0.15) is 0 Å². The Labute approximate surface area is 160 Å². The van der Waals surface area contributed by atoms with Crippen molar-refractivity contribution in [2.45, 2.75) is 18.0 Å². The molecular weight excluding hydrogens is 397 g/mol. The number of hydrogen-bond acceptors (Lipinski definition) is 4. The van der Waals surface area contributed by atoms with E-state index in [4.69, 9.17) is 0 Å². The average Bonchev–Trinajstić information content (AvgIpc) is 2.61. The molecule has 0 radical (unpaired) electrons. The van der Waals surface area contributed by atoms with Gasteiger partial charge >= 0.3 is 6.18 Å². The summed E-state index contributed by atoms with van der Waals surface area (Å²) in [4.78, 5) is 23.2. The summed E-state index contributed by atoms with van der Waals surface area (Å²) in [6.45, 7) is 0.737. The number of ketones is 1. The van der Waals surface area contributed by atoms with Crippen LogP contribution in [0.4, 0.5) is 18.9 Å². The highest BCUT2D eigenvalue weighted by Gasteiger charge is 2.30. The zero-order valence-electron chi connectivity index (χ0n) is 14.9. The molecule has 0 heterocycles. The van der Waals surface area contributed by atoms with Crippen LogP contribution in [0.2, 0.25) is 0 Å². The minimum atomic E-state index is -4.56. The van der Waals surface area contributed by atoms with E-state index in [-0.39, 0.29) is 16.4 Å². The Balaban J connectivity index is 2.10. The number of rotatable bonds is 6. The standard InChI is InChI=1S/C18H17F3N2O4S/c1-12(24)13-6-8-16(9-7-13)28(26,27)23(2)11-17(25)22-15-5-3-4-14(10-15)18(19,20)21/h3-10H,11H2,1-2H3,(H,22,25). The van der Waals surface area contributed by atoms with Crippen LogP contribution in [-0.2, 0) is 21.0 Å². The molecule has 0 aliphatic rings. The molecule has 150 valence electrons. The molecule has 28 heavy (non-hydrogen) atoms. The molecule has 0 unspecified atom stereocenters. The number of sulfonamides is 1. The fraction of sp³-hybridized carbons (Fsp3) is 0.222. The first-order valence-corrected chi connectivity index (χ1v) is 9.40. The summed E-state index contributed by atoms with van der Waals surface area (Å²) in [5.74, 6) is -1.02. The first-order chi connectivity index (χ1) is 12.9. The average molecular weight is 414 g/mol. The van der Waals surface area contributed by atoms with Crippen molar-refractivity contribution in [2.75, 3.05) is 18.9 Å². The zero-order chi connectivity index (χ0) is 21.1. The number of carbonyl (C=O) groups is 2. The second kappa shape index (κ2) is 8.11. The highest BCUT2D eigenvalue weighted by atomic mass is 32.2. The second-order valence-electron chi connectivity index (χ2n) is 5.97. The minimum absolute atomic E-state index is 0.101. The fourth-order valence-corrected chi connectivity index (χ4v) is 3.43. The molecule has 10 heteroatoms. The molecule has 0 aliphatic carbocycles. The van der Waals surface area contributed by atoms with E-state index in [9.17, 15) is 31.2 Å². The Morgan fingerprint density at radius 2 is 1.68 bits per heavy atom. The van der Waals surface area contributed by atoms with Crippen LogP contribution < -0.4 is 5.32 Å². The predicted octanol–water partition coefficient (Wildman–Crippen LogP) is 3.17. The van der Waals surface area contributed by atoms with Gasteiger partial charge in [-0.1, -0.05) is 18.2 Å². The van der Waals surface area contributed by atoms with Crippen LogP contribution in [0.15, 0.2) is 53.4 Å². The van der Waals surface area contributed by atoms with Crippen molar-refractivity contribution in [2.24, 2.45) is 0 Å². The first-order valence-electron chi connectivity index (χ1n) is 7.95. The lowest BCUT2D eigenvalue weighted by Gasteiger charge is -2.17. The lowest BCUT2D eigenvalue weighted by molar-refractivity contribution is -0.137.